The molecule has 0 atom stereocenters. The Bertz CT molecular complexity index is 490. The second-order valence-corrected chi connectivity index (χ2v) is 4.72. The summed E-state index contributed by atoms with van der Waals surface area (Å²) in [7, 11) is 1.54. The predicted molar refractivity (Wildman–Crippen MR) is 76.9 cm³/mol. The molecule has 0 bridgehead atoms. The third-order valence-corrected chi connectivity index (χ3v) is 3.52. The van der Waals surface area contributed by atoms with Gasteiger partial charge in [0, 0.05) is 19.7 Å². The number of methoxy groups -OCH3 is 1. The fourth-order valence-corrected chi connectivity index (χ4v) is 2.35. The second kappa shape index (κ2) is 7.93. The van der Waals surface area contributed by atoms with Crippen molar-refractivity contribution in [3.63, 3.8) is 0 Å². The van der Waals surface area contributed by atoms with Crippen molar-refractivity contribution in [2.45, 2.75) is 32.7 Å². The summed E-state index contributed by atoms with van der Waals surface area (Å²) in [5, 5.41) is 8.82. The van der Waals surface area contributed by atoms with Crippen molar-refractivity contribution in [1.29, 1.82) is 0 Å². The molecule has 0 aromatic heterocycles. The Morgan fingerprint density at radius 3 is 2.38 bits per heavy atom. The minimum atomic E-state index is -1.48. The van der Waals surface area contributed by atoms with Crippen LogP contribution in [0, 0.1) is 11.6 Å². The third-order valence-electron chi connectivity index (χ3n) is 3.52. The normalized spacial score (nSPS) is 11.0. The van der Waals surface area contributed by atoms with Gasteiger partial charge in [-0.15, -0.1) is 0 Å². The van der Waals surface area contributed by atoms with Crippen LogP contribution < -0.4 is 4.90 Å². The van der Waals surface area contributed by atoms with Gasteiger partial charge in [0.15, 0.2) is 11.6 Å². The van der Waals surface area contributed by atoms with Crippen molar-refractivity contribution in [3.8, 4) is 0 Å². The first kappa shape index (κ1) is 17.4. The van der Waals surface area contributed by atoms with Crippen LogP contribution in [0.1, 0.15) is 37.0 Å². The molecule has 0 aliphatic heterocycles. The molecule has 4 nitrogen and oxygen atoms in total. The molecule has 1 aromatic rings. The molecule has 0 aliphatic rings. The summed E-state index contributed by atoms with van der Waals surface area (Å²) in [5.41, 5.74) is -0.587. The van der Waals surface area contributed by atoms with Crippen molar-refractivity contribution < 1.29 is 23.4 Å². The number of halogens is 2. The number of ether oxygens (including phenoxy) is 1. The van der Waals surface area contributed by atoms with Crippen molar-refractivity contribution >= 4 is 11.7 Å². The maximum Gasteiger partial charge on any atom is 0.338 e. The fourth-order valence-electron chi connectivity index (χ4n) is 2.35. The standard InChI is InChI=1S/C15H21F2NO3/c1-4-10(5-2)18(8-9-21-3)12-7-6-11(15(19)20)13(16)14(12)17/h6-7,10H,4-5,8-9H2,1-3H3,(H,19,20). The molecule has 0 amide bonds. The average molecular weight is 301 g/mol. The van der Waals surface area contributed by atoms with Gasteiger partial charge in [0.1, 0.15) is 0 Å². The maximum atomic E-state index is 14.2. The Balaban J connectivity index is 3.24. The largest absolute Gasteiger partial charge is 0.478 e. The van der Waals surface area contributed by atoms with Crippen LogP contribution >= 0.6 is 0 Å². The van der Waals surface area contributed by atoms with Crippen LogP contribution in [0.2, 0.25) is 0 Å². The van der Waals surface area contributed by atoms with Crippen LogP contribution in [0.25, 0.3) is 0 Å². The zero-order valence-corrected chi connectivity index (χ0v) is 12.5. The van der Waals surface area contributed by atoms with Gasteiger partial charge in [0.05, 0.1) is 17.9 Å². The Kier molecular flexibility index (Phi) is 6.55. The number of carbonyl (C=O) groups is 1. The first-order chi connectivity index (χ1) is 9.97. The number of carboxylic acids is 1. The summed E-state index contributed by atoms with van der Waals surface area (Å²) in [6.45, 7) is 4.71. The summed E-state index contributed by atoms with van der Waals surface area (Å²) in [4.78, 5) is 12.6. The van der Waals surface area contributed by atoms with Crippen LogP contribution in [0.3, 0.4) is 0 Å². The summed E-state index contributed by atoms with van der Waals surface area (Å²) in [6, 6.07) is 2.44. The lowest BCUT2D eigenvalue weighted by Crippen LogP contribution is -2.38. The molecule has 1 aromatic carbocycles. The van der Waals surface area contributed by atoms with Crippen LogP contribution in [0.4, 0.5) is 14.5 Å². The Morgan fingerprint density at radius 1 is 1.29 bits per heavy atom. The second-order valence-electron chi connectivity index (χ2n) is 4.72. The number of nitrogens with zero attached hydrogens (tertiary/aromatic N) is 1. The van der Waals surface area contributed by atoms with Crippen LogP contribution in [-0.4, -0.2) is 37.4 Å². The lowest BCUT2D eigenvalue weighted by molar-refractivity contribution is 0.0690. The first-order valence-corrected chi connectivity index (χ1v) is 6.94. The molecule has 0 radical (unpaired) electrons. The van der Waals surface area contributed by atoms with E-state index in [4.69, 9.17) is 9.84 Å². The molecular formula is C15H21F2NO3. The van der Waals surface area contributed by atoms with E-state index in [1.54, 1.807) is 4.90 Å². The number of rotatable bonds is 8. The Hall–Kier alpha value is -1.69. The van der Waals surface area contributed by atoms with Gasteiger partial charge in [-0.25, -0.2) is 13.6 Å². The zero-order chi connectivity index (χ0) is 16.0. The number of benzene rings is 1. The molecule has 0 unspecified atom stereocenters. The summed E-state index contributed by atoms with van der Waals surface area (Å²) < 4.78 is 33.1. The van der Waals surface area contributed by atoms with Gasteiger partial charge in [-0.3, -0.25) is 0 Å². The quantitative estimate of drug-likeness (QED) is 0.800. The molecule has 0 saturated carbocycles. The number of hydrogen-bond donors (Lipinski definition) is 1. The lowest BCUT2D eigenvalue weighted by atomic mass is 10.1. The van der Waals surface area contributed by atoms with Crippen LogP contribution in [0.5, 0.6) is 0 Å². The minimum absolute atomic E-state index is 0.0322. The molecule has 0 spiro atoms. The molecule has 118 valence electrons. The van der Waals surface area contributed by atoms with Crippen molar-refractivity contribution in [1.82, 2.24) is 0 Å². The molecule has 0 fully saturated rings. The van der Waals surface area contributed by atoms with E-state index in [0.717, 1.165) is 18.9 Å². The molecular weight excluding hydrogens is 280 g/mol. The van der Waals surface area contributed by atoms with E-state index in [1.807, 2.05) is 13.8 Å². The monoisotopic (exact) mass is 301 g/mol. The summed E-state index contributed by atoms with van der Waals surface area (Å²) >= 11 is 0. The third kappa shape index (κ3) is 3.91. The van der Waals surface area contributed by atoms with Crippen molar-refractivity contribution in [3.05, 3.63) is 29.3 Å². The summed E-state index contributed by atoms with van der Waals surface area (Å²) in [5.74, 6) is -3.93. The van der Waals surface area contributed by atoms with Crippen LogP contribution in [-0.2, 0) is 4.74 Å². The molecule has 6 heteroatoms. The molecule has 0 heterocycles. The molecule has 1 rings (SSSR count). The van der Waals surface area contributed by atoms with Gasteiger partial charge in [-0.05, 0) is 25.0 Å². The number of anilines is 1. The van der Waals surface area contributed by atoms with Gasteiger partial charge in [0.2, 0.25) is 0 Å². The Morgan fingerprint density at radius 2 is 1.90 bits per heavy atom. The number of aromatic carboxylic acids is 1. The molecule has 0 saturated heterocycles. The fraction of sp³-hybridized carbons (Fsp3) is 0.533. The topological polar surface area (TPSA) is 49.8 Å². The van der Waals surface area contributed by atoms with E-state index in [9.17, 15) is 13.6 Å². The van der Waals surface area contributed by atoms with Gasteiger partial charge >= 0.3 is 5.97 Å². The smallest absolute Gasteiger partial charge is 0.338 e. The number of hydrogen-bond acceptors (Lipinski definition) is 3. The predicted octanol–water partition coefficient (Wildman–Crippen LogP) is 3.30. The Labute approximate surface area is 123 Å². The highest BCUT2D eigenvalue weighted by molar-refractivity contribution is 5.88. The maximum absolute atomic E-state index is 14.2. The van der Waals surface area contributed by atoms with Crippen molar-refractivity contribution in [2.75, 3.05) is 25.2 Å². The molecule has 1 N–H and O–H groups in total. The van der Waals surface area contributed by atoms with E-state index in [0.29, 0.717) is 13.2 Å². The van der Waals surface area contributed by atoms with Crippen LogP contribution in [0.15, 0.2) is 12.1 Å². The summed E-state index contributed by atoms with van der Waals surface area (Å²) in [6.07, 6.45) is 1.53. The zero-order valence-electron chi connectivity index (χ0n) is 12.5. The van der Waals surface area contributed by atoms with Gasteiger partial charge in [-0.1, -0.05) is 13.8 Å². The molecule has 21 heavy (non-hydrogen) atoms. The lowest BCUT2D eigenvalue weighted by Gasteiger charge is -2.33. The van der Waals surface area contributed by atoms with Gasteiger partial charge in [-0.2, -0.15) is 0 Å². The first-order valence-electron chi connectivity index (χ1n) is 6.94. The van der Waals surface area contributed by atoms with E-state index in [2.05, 4.69) is 0 Å². The van der Waals surface area contributed by atoms with E-state index in [-0.39, 0.29) is 11.7 Å². The highest BCUT2D eigenvalue weighted by atomic mass is 19.2. The highest BCUT2D eigenvalue weighted by Crippen LogP contribution is 2.27. The SMILES string of the molecule is CCC(CC)N(CCOC)c1ccc(C(=O)O)c(F)c1F. The number of carboxylic acid groups (broad SMARTS) is 1. The van der Waals surface area contributed by atoms with E-state index >= 15 is 0 Å². The minimum Gasteiger partial charge on any atom is -0.478 e. The van der Waals surface area contributed by atoms with E-state index < -0.39 is 23.2 Å². The highest BCUT2D eigenvalue weighted by Gasteiger charge is 2.24. The van der Waals surface area contributed by atoms with E-state index in [1.165, 1.54) is 13.2 Å². The van der Waals surface area contributed by atoms with Gasteiger partial charge in [0.25, 0.3) is 0 Å². The molecule has 0 aliphatic carbocycles. The average Bonchev–Trinajstić information content (AvgIpc) is 2.46. The van der Waals surface area contributed by atoms with Crippen molar-refractivity contribution in [2.24, 2.45) is 0 Å². The van der Waals surface area contributed by atoms with Gasteiger partial charge < -0.3 is 14.7 Å².